The molecule has 2 aromatic rings. The van der Waals surface area contributed by atoms with Crippen molar-refractivity contribution in [3.8, 4) is 0 Å². The molecule has 0 aliphatic carbocycles. The molecular weight excluding hydrogens is 315 g/mol. The topological polar surface area (TPSA) is 72.2 Å². The molecule has 9 heteroatoms. The maximum atomic E-state index is 13.1. The monoisotopic (exact) mass is 326 g/mol. The van der Waals surface area contributed by atoms with Gasteiger partial charge in [0.05, 0.1) is 15.9 Å². The van der Waals surface area contributed by atoms with Gasteiger partial charge in [0, 0.05) is 13.1 Å². The molecule has 110 valence electrons. The molecule has 0 radical (unpaired) electrons. The van der Waals surface area contributed by atoms with Crippen LogP contribution in [0.3, 0.4) is 0 Å². The Kier molecular flexibility index (Phi) is 4.02. The fourth-order valence-corrected chi connectivity index (χ4v) is 4.03. The van der Waals surface area contributed by atoms with Gasteiger partial charge in [0.1, 0.15) is 5.82 Å². The number of benzene rings is 1. The summed E-state index contributed by atoms with van der Waals surface area (Å²) < 4.78 is 13.7. The van der Waals surface area contributed by atoms with E-state index in [0.29, 0.717) is 9.24 Å². The van der Waals surface area contributed by atoms with Gasteiger partial charge in [0.25, 0.3) is 5.69 Å². The maximum Gasteiger partial charge on any atom is 0.286 e. The van der Waals surface area contributed by atoms with Crippen LogP contribution in [0.2, 0.25) is 0 Å². The van der Waals surface area contributed by atoms with E-state index < -0.39 is 10.7 Å². The Labute approximate surface area is 128 Å². The van der Waals surface area contributed by atoms with Crippen molar-refractivity contribution >= 4 is 33.9 Å². The standard InChI is InChI=1S/C12H11FN4O2S2/c13-8-3-4-10(9(7-8)17(18)19)20-12-15-14-11(21-12)16-5-1-2-6-16/h3-4,7H,1-2,5-6H2. The van der Waals surface area contributed by atoms with Gasteiger partial charge in [-0.3, -0.25) is 10.1 Å². The zero-order valence-electron chi connectivity index (χ0n) is 10.9. The first-order valence-corrected chi connectivity index (χ1v) is 7.97. The summed E-state index contributed by atoms with van der Waals surface area (Å²) in [6.07, 6.45) is 2.29. The second-order valence-corrected chi connectivity index (χ2v) is 6.76. The number of aromatic nitrogens is 2. The van der Waals surface area contributed by atoms with Crippen LogP contribution in [0.25, 0.3) is 0 Å². The number of halogens is 1. The molecule has 21 heavy (non-hydrogen) atoms. The van der Waals surface area contributed by atoms with E-state index in [1.165, 1.54) is 23.5 Å². The molecule has 1 fully saturated rings. The van der Waals surface area contributed by atoms with Gasteiger partial charge in [-0.15, -0.1) is 10.2 Å². The van der Waals surface area contributed by atoms with Crippen molar-refractivity contribution in [1.82, 2.24) is 10.2 Å². The molecular formula is C12H11FN4O2S2. The van der Waals surface area contributed by atoms with E-state index in [-0.39, 0.29) is 5.69 Å². The number of hydrogen-bond donors (Lipinski definition) is 0. The highest BCUT2D eigenvalue weighted by molar-refractivity contribution is 8.01. The molecule has 0 unspecified atom stereocenters. The number of hydrogen-bond acceptors (Lipinski definition) is 7. The summed E-state index contributed by atoms with van der Waals surface area (Å²) in [4.78, 5) is 12.9. The Bertz CT molecular complexity index is 673. The molecule has 1 saturated heterocycles. The van der Waals surface area contributed by atoms with Crippen LogP contribution in [0, 0.1) is 15.9 Å². The fraction of sp³-hybridized carbons (Fsp3) is 0.333. The molecule has 0 amide bonds. The Morgan fingerprint density at radius 1 is 1.33 bits per heavy atom. The summed E-state index contributed by atoms with van der Waals surface area (Å²) in [5.41, 5.74) is -0.252. The van der Waals surface area contributed by atoms with Crippen LogP contribution in [0.4, 0.5) is 15.2 Å². The van der Waals surface area contributed by atoms with Gasteiger partial charge in [-0.2, -0.15) is 0 Å². The van der Waals surface area contributed by atoms with E-state index in [1.54, 1.807) is 0 Å². The van der Waals surface area contributed by atoms with Crippen LogP contribution < -0.4 is 4.90 Å². The van der Waals surface area contributed by atoms with E-state index in [1.807, 2.05) is 0 Å². The molecule has 2 heterocycles. The molecule has 1 aliphatic rings. The first-order chi connectivity index (χ1) is 10.1. The smallest absolute Gasteiger partial charge is 0.286 e. The summed E-state index contributed by atoms with van der Waals surface area (Å²) in [6.45, 7) is 1.94. The number of nitro groups is 1. The van der Waals surface area contributed by atoms with Gasteiger partial charge in [-0.05, 0) is 36.7 Å². The highest BCUT2D eigenvalue weighted by Gasteiger charge is 2.20. The van der Waals surface area contributed by atoms with Crippen LogP contribution in [0.5, 0.6) is 0 Å². The van der Waals surface area contributed by atoms with Gasteiger partial charge >= 0.3 is 0 Å². The van der Waals surface area contributed by atoms with Crippen molar-refractivity contribution in [3.63, 3.8) is 0 Å². The average Bonchev–Trinajstić information content (AvgIpc) is 3.11. The van der Waals surface area contributed by atoms with Crippen LogP contribution in [-0.2, 0) is 0 Å². The molecule has 0 bridgehead atoms. The van der Waals surface area contributed by atoms with E-state index in [2.05, 4.69) is 15.1 Å². The molecule has 6 nitrogen and oxygen atoms in total. The Morgan fingerprint density at radius 2 is 2.10 bits per heavy atom. The SMILES string of the molecule is O=[N+]([O-])c1cc(F)ccc1Sc1nnc(N2CCCC2)s1. The fourth-order valence-electron chi connectivity index (χ4n) is 2.09. The summed E-state index contributed by atoms with van der Waals surface area (Å²) in [6, 6.07) is 3.53. The highest BCUT2D eigenvalue weighted by Crippen LogP contribution is 2.38. The molecule has 0 N–H and O–H groups in total. The lowest BCUT2D eigenvalue weighted by Gasteiger charge is -2.10. The zero-order chi connectivity index (χ0) is 14.8. The molecule has 1 aromatic carbocycles. The van der Waals surface area contributed by atoms with Gasteiger partial charge in [-0.25, -0.2) is 4.39 Å². The number of nitrogens with zero attached hydrogens (tertiary/aromatic N) is 4. The highest BCUT2D eigenvalue weighted by atomic mass is 32.2. The quantitative estimate of drug-likeness (QED) is 0.634. The van der Waals surface area contributed by atoms with Crippen molar-refractivity contribution in [2.75, 3.05) is 18.0 Å². The van der Waals surface area contributed by atoms with Crippen molar-refractivity contribution in [1.29, 1.82) is 0 Å². The number of nitro benzene ring substituents is 1. The van der Waals surface area contributed by atoms with Gasteiger partial charge in [0.15, 0.2) is 4.34 Å². The van der Waals surface area contributed by atoms with Gasteiger partial charge in [0.2, 0.25) is 5.13 Å². The van der Waals surface area contributed by atoms with Crippen LogP contribution in [-0.4, -0.2) is 28.2 Å². The molecule has 0 atom stereocenters. The van der Waals surface area contributed by atoms with Crippen molar-refractivity contribution in [2.45, 2.75) is 22.1 Å². The van der Waals surface area contributed by atoms with Crippen LogP contribution in [0.1, 0.15) is 12.8 Å². The minimum Gasteiger partial charge on any atom is -0.347 e. The Morgan fingerprint density at radius 3 is 2.81 bits per heavy atom. The lowest BCUT2D eigenvalue weighted by atomic mass is 10.3. The molecule has 0 spiro atoms. The Hall–Kier alpha value is -1.74. The van der Waals surface area contributed by atoms with Gasteiger partial charge in [-0.1, -0.05) is 11.3 Å². The van der Waals surface area contributed by atoms with Crippen molar-refractivity contribution in [3.05, 3.63) is 34.1 Å². The molecule has 3 rings (SSSR count). The second kappa shape index (κ2) is 5.94. The Balaban J connectivity index is 1.82. The predicted molar refractivity (Wildman–Crippen MR) is 78.5 cm³/mol. The van der Waals surface area contributed by atoms with E-state index in [4.69, 9.17) is 0 Å². The minimum atomic E-state index is -0.624. The first-order valence-electron chi connectivity index (χ1n) is 6.34. The molecule has 1 aromatic heterocycles. The second-order valence-electron chi connectivity index (χ2n) is 4.52. The zero-order valence-corrected chi connectivity index (χ0v) is 12.5. The minimum absolute atomic E-state index is 0.252. The summed E-state index contributed by atoms with van der Waals surface area (Å²) in [7, 11) is 0. The average molecular weight is 326 g/mol. The lowest BCUT2D eigenvalue weighted by Crippen LogP contribution is -2.17. The summed E-state index contributed by atoms with van der Waals surface area (Å²) in [5.74, 6) is -0.624. The van der Waals surface area contributed by atoms with Gasteiger partial charge < -0.3 is 4.90 Å². The number of anilines is 1. The largest absolute Gasteiger partial charge is 0.347 e. The van der Waals surface area contributed by atoms with E-state index >= 15 is 0 Å². The first kappa shape index (κ1) is 14.2. The third-order valence-electron chi connectivity index (χ3n) is 3.09. The van der Waals surface area contributed by atoms with Crippen molar-refractivity contribution < 1.29 is 9.31 Å². The summed E-state index contributed by atoms with van der Waals surface area (Å²) >= 11 is 2.54. The van der Waals surface area contributed by atoms with Crippen molar-refractivity contribution in [2.24, 2.45) is 0 Å². The van der Waals surface area contributed by atoms with E-state index in [0.717, 1.165) is 48.9 Å². The lowest BCUT2D eigenvalue weighted by molar-refractivity contribution is -0.387. The van der Waals surface area contributed by atoms with E-state index in [9.17, 15) is 14.5 Å². The van der Waals surface area contributed by atoms with Crippen LogP contribution >= 0.6 is 23.1 Å². The molecule has 0 saturated carbocycles. The third-order valence-corrected chi connectivity index (χ3v) is 5.19. The normalized spacial score (nSPS) is 14.6. The molecule has 1 aliphatic heterocycles. The third kappa shape index (κ3) is 3.13. The maximum absolute atomic E-state index is 13.1. The summed E-state index contributed by atoms with van der Waals surface area (Å²) in [5, 5.41) is 20.0. The van der Waals surface area contributed by atoms with Crippen LogP contribution in [0.15, 0.2) is 27.4 Å². The number of rotatable bonds is 4. The predicted octanol–water partition coefficient (Wildman–Crippen LogP) is 3.34.